The highest BCUT2D eigenvalue weighted by Crippen LogP contribution is 2.35. The first-order chi connectivity index (χ1) is 14.8. The number of aromatic nitrogens is 1. The van der Waals surface area contributed by atoms with Crippen molar-refractivity contribution in [3.8, 4) is 0 Å². The lowest BCUT2D eigenvalue weighted by molar-refractivity contribution is 0.0998. The molecule has 0 unspecified atom stereocenters. The van der Waals surface area contributed by atoms with Crippen LogP contribution >= 0.6 is 11.8 Å². The third-order valence-electron chi connectivity index (χ3n) is 5.81. The zero-order valence-electron chi connectivity index (χ0n) is 16.8. The predicted molar refractivity (Wildman–Crippen MR) is 124 cm³/mol. The lowest BCUT2D eigenvalue weighted by Gasteiger charge is -2.20. The van der Waals surface area contributed by atoms with Crippen molar-refractivity contribution in [2.24, 2.45) is 0 Å². The highest BCUT2D eigenvalue weighted by Gasteiger charge is 2.23. The lowest BCUT2D eigenvalue weighted by Crippen LogP contribution is -2.14. The minimum Gasteiger partial charge on any atom is -0.451 e. The Bertz CT molecular complexity index is 1190. The molecule has 0 saturated heterocycles. The molecule has 152 valence electrons. The first kappa shape index (κ1) is 19.2. The zero-order chi connectivity index (χ0) is 20.3. The number of fused-ring (bicyclic) bond motifs is 2. The molecule has 1 N–H and O–H groups in total. The second-order valence-electron chi connectivity index (χ2n) is 7.81. The molecule has 4 aromatic rings. The normalized spacial score (nSPS) is 14.9. The average Bonchev–Trinajstić information content (AvgIpc) is 3.17. The van der Waals surface area contributed by atoms with E-state index in [1.807, 2.05) is 66.4 Å². The molecule has 2 aromatic heterocycles. The SMILES string of the molecule is O=C(Nc1cccc2ncccc12)c1oc2ccccc2c1CSC1CCCCC1. The summed E-state index contributed by atoms with van der Waals surface area (Å²) in [5.41, 5.74) is 3.36. The third kappa shape index (κ3) is 3.82. The number of carbonyl (C=O) groups excluding carboxylic acids is 1. The van der Waals surface area contributed by atoms with Gasteiger partial charge in [0.25, 0.3) is 5.91 Å². The molecule has 0 atom stereocenters. The van der Waals surface area contributed by atoms with Crippen molar-refractivity contribution < 1.29 is 9.21 Å². The summed E-state index contributed by atoms with van der Waals surface area (Å²) in [6.45, 7) is 0. The fraction of sp³-hybridized carbons (Fsp3) is 0.280. The molecule has 5 rings (SSSR count). The number of thioether (sulfide) groups is 1. The van der Waals surface area contributed by atoms with Gasteiger partial charge < -0.3 is 9.73 Å². The molecule has 0 bridgehead atoms. The van der Waals surface area contributed by atoms with Crippen LogP contribution in [0, 0.1) is 0 Å². The molecule has 30 heavy (non-hydrogen) atoms. The molecular weight excluding hydrogens is 392 g/mol. The van der Waals surface area contributed by atoms with Crippen LogP contribution in [0.5, 0.6) is 0 Å². The molecule has 1 aliphatic rings. The number of rotatable bonds is 5. The number of nitrogens with zero attached hydrogens (tertiary/aromatic N) is 1. The Morgan fingerprint density at radius 1 is 1.00 bits per heavy atom. The number of hydrogen-bond donors (Lipinski definition) is 1. The maximum Gasteiger partial charge on any atom is 0.291 e. The van der Waals surface area contributed by atoms with Crippen molar-refractivity contribution >= 4 is 45.2 Å². The average molecular weight is 417 g/mol. The molecule has 1 fully saturated rings. The van der Waals surface area contributed by atoms with Gasteiger partial charge in [-0.3, -0.25) is 9.78 Å². The van der Waals surface area contributed by atoms with Gasteiger partial charge in [0, 0.05) is 33.5 Å². The molecule has 0 spiro atoms. The van der Waals surface area contributed by atoms with E-state index in [0.29, 0.717) is 11.0 Å². The molecule has 0 aliphatic heterocycles. The Kier molecular flexibility index (Phi) is 5.45. The van der Waals surface area contributed by atoms with Crippen LogP contribution in [0.15, 0.2) is 65.2 Å². The van der Waals surface area contributed by atoms with Crippen LogP contribution < -0.4 is 5.32 Å². The van der Waals surface area contributed by atoms with Gasteiger partial charge in [-0.25, -0.2) is 0 Å². The van der Waals surface area contributed by atoms with Crippen LogP contribution in [0.2, 0.25) is 0 Å². The number of nitrogens with one attached hydrogen (secondary N) is 1. The number of pyridine rings is 1. The van der Waals surface area contributed by atoms with E-state index in [0.717, 1.165) is 38.9 Å². The predicted octanol–water partition coefficient (Wildman–Crippen LogP) is 6.80. The van der Waals surface area contributed by atoms with E-state index < -0.39 is 0 Å². The molecule has 4 nitrogen and oxygen atoms in total. The van der Waals surface area contributed by atoms with E-state index in [4.69, 9.17) is 4.42 Å². The summed E-state index contributed by atoms with van der Waals surface area (Å²) in [5, 5.41) is 5.68. The van der Waals surface area contributed by atoms with Gasteiger partial charge >= 0.3 is 0 Å². The third-order valence-corrected chi connectivity index (χ3v) is 7.21. The fourth-order valence-electron chi connectivity index (χ4n) is 4.25. The van der Waals surface area contributed by atoms with Crippen molar-refractivity contribution in [3.63, 3.8) is 0 Å². The molecule has 5 heteroatoms. The second kappa shape index (κ2) is 8.52. The standard InChI is InChI=1S/C25H24N2O2S/c28-25(27-22-13-6-12-21-19(22)11-7-15-26-21)24-20(16-30-17-8-2-1-3-9-17)18-10-4-5-14-23(18)29-24/h4-7,10-15,17H,1-3,8-9,16H2,(H,27,28). The largest absolute Gasteiger partial charge is 0.451 e. The second-order valence-corrected chi connectivity index (χ2v) is 9.10. The number of benzene rings is 2. The maximum absolute atomic E-state index is 13.3. The molecule has 1 aliphatic carbocycles. The van der Waals surface area contributed by atoms with Gasteiger partial charge in [-0.05, 0) is 43.2 Å². The summed E-state index contributed by atoms with van der Waals surface area (Å²) in [6.07, 6.45) is 8.27. The van der Waals surface area contributed by atoms with Gasteiger partial charge in [0.1, 0.15) is 5.58 Å². The highest BCUT2D eigenvalue weighted by atomic mass is 32.2. The van der Waals surface area contributed by atoms with E-state index in [1.165, 1.54) is 32.1 Å². The first-order valence-corrected chi connectivity index (χ1v) is 11.6. The zero-order valence-corrected chi connectivity index (χ0v) is 17.6. The number of furan rings is 1. The molecule has 1 amide bonds. The van der Waals surface area contributed by atoms with Crippen molar-refractivity contribution in [1.29, 1.82) is 0 Å². The Hall–Kier alpha value is -2.79. The Morgan fingerprint density at radius 3 is 2.73 bits per heavy atom. The quantitative estimate of drug-likeness (QED) is 0.389. The summed E-state index contributed by atoms with van der Waals surface area (Å²) >= 11 is 1.96. The molecular formula is C25H24N2O2S. The number of anilines is 1. The van der Waals surface area contributed by atoms with E-state index in [1.54, 1.807) is 6.20 Å². The Balaban J connectivity index is 1.45. The van der Waals surface area contributed by atoms with Crippen LogP contribution in [-0.2, 0) is 5.75 Å². The number of hydrogen-bond acceptors (Lipinski definition) is 4. The van der Waals surface area contributed by atoms with Crippen molar-refractivity contribution in [2.45, 2.75) is 43.1 Å². The van der Waals surface area contributed by atoms with Crippen LogP contribution in [0.3, 0.4) is 0 Å². The highest BCUT2D eigenvalue weighted by molar-refractivity contribution is 7.99. The Labute approximate surface area is 180 Å². The lowest BCUT2D eigenvalue weighted by atomic mass is 10.0. The van der Waals surface area contributed by atoms with E-state index in [2.05, 4.69) is 10.3 Å². The fourth-order valence-corrected chi connectivity index (χ4v) is 5.61. The maximum atomic E-state index is 13.3. The van der Waals surface area contributed by atoms with Crippen molar-refractivity contribution in [1.82, 2.24) is 4.98 Å². The molecule has 1 saturated carbocycles. The topological polar surface area (TPSA) is 55.1 Å². The molecule has 2 heterocycles. The van der Waals surface area contributed by atoms with E-state index in [-0.39, 0.29) is 5.91 Å². The van der Waals surface area contributed by atoms with Crippen LogP contribution in [0.1, 0.15) is 48.2 Å². The first-order valence-electron chi connectivity index (χ1n) is 10.6. The van der Waals surface area contributed by atoms with Gasteiger partial charge in [0.05, 0.1) is 11.2 Å². The summed E-state index contributed by atoms with van der Waals surface area (Å²) in [7, 11) is 0. The summed E-state index contributed by atoms with van der Waals surface area (Å²) < 4.78 is 6.04. The van der Waals surface area contributed by atoms with Crippen molar-refractivity contribution in [2.75, 3.05) is 5.32 Å². The monoisotopic (exact) mass is 416 g/mol. The van der Waals surface area contributed by atoms with E-state index in [9.17, 15) is 4.79 Å². The molecule has 0 radical (unpaired) electrons. The summed E-state index contributed by atoms with van der Waals surface area (Å²) in [4.78, 5) is 17.6. The van der Waals surface area contributed by atoms with Gasteiger partial charge in [0.15, 0.2) is 5.76 Å². The van der Waals surface area contributed by atoms with Crippen LogP contribution in [0.25, 0.3) is 21.9 Å². The van der Waals surface area contributed by atoms with Gasteiger partial charge in [-0.2, -0.15) is 11.8 Å². The summed E-state index contributed by atoms with van der Waals surface area (Å²) in [5.74, 6) is 1.00. The minimum absolute atomic E-state index is 0.207. The summed E-state index contributed by atoms with van der Waals surface area (Å²) in [6, 6.07) is 17.5. The Morgan fingerprint density at radius 2 is 1.83 bits per heavy atom. The van der Waals surface area contributed by atoms with Gasteiger partial charge in [-0.15, -0.1) is 0 Å². The van der Waals surface area contributed by atoms with Crippen LogP contribution in [0.4, 0.5) is 5.69 Å². The minimum atomic E-state index is -0.207. The smallest absolute Gasteiger partial charge is 0.291 e. The van der Waals surface area contributed by atoms with E-state index >= 15 is 0 Å². The van der Waals surface area contributed by atoms with Gasteiger partial charge in [0.2, 0.25) is 0 Å². The number of carbonyl (C=O) groups is 1. The van der Waals surface area contributed by atoms with Crippen LogP contribution in [-0.4, -0.2) is 16.1 Å². The van der Waals surface area contributed by atoms with Gasteiger partial charge in [-0.1, -0.05) is 43.5 Å². The number of para-hydroxylation sites is 1. The molecule has 2 aromatic carbocycles. The number of amides is 1. The van der Waals surface area contributed by atoms with Crippen molar-refractivity contribution in [3.05, 3.63) is 72.1 Å².